The maximum Gasteiger partial charge on any atom is 0.415 e. The van der Waals surface area contributed by atoms with Crippen LogP contribution >= 0.6 is 19.7 Å². The third-order valence-corrected chi connectivity index (χ3v) is 9.29. The van der Waals surface area contributed by atoms with E-state index in [1.807, 2.05) is 21.1 Å². The predicted octanol–water partition coefficient (Wildman–Crippen LogP) is 2.01. The van der Waals surface area contributed by atoms with E-state index in [9.17, 15) is 4.57 Å². The van der Waals surface area contributed by atoms with Gasteiger partial charge in [-0.15, -0.1) is 0 Å². The highest BCUT2D eigenvalue weighted by atomic mass is 32.2. The lowest BCUT2D eigenvalue weighted by Gasteiger charge is -2.36. The largest absolute Gasteiger partial charge is 0.415 e. The van der Waals surface area contributed by atoms with Gasteiger partial charge in [0, 0.05) is 29.9 Å². The molecule has 0 saturated carbocycles. The van der Waals surface area contributed by atoms with E-state index in [-0.39, 0.29) is 65.6 Å². The summed E-state index contributed by atoms with van der Waals surface area (Å²) in [7, 11) is 2.49. The van der Waals surface area contributed by atoms with Gasteiger partial charge in [-0.25, -0.2) is 4.57 Å². The van der Waals surface area contributed by atoms with Crippen LogP contribution in [0.15, 0.2) is 0 Å². The fourth-order valence-corrected chi connectivity index (χ4v) is 7.27. The molecular weight excluding hydrogens is 433 g/mol. The lowest BCUT2D eigenvalue weighted by Crippen LogP contribution is -2.46. The third kappa shape index (κ3) is 6.54. The highest BCUT2D eigenvalue weighted by Gasteiger charge is 2.51. The van der Waals surface area contributed by atoms with E-state index in [2.05, 4.69) is 66.1 Å². The molecular formula is C20H43B2N2O5PS. The van der Waals surface area contributed by atoms with E-state index < -0.39 is 7.75 Å². The summed E-state index contributed by atoms with van der Waals surface area (Å²) in [5.74, 6) is 0.315. The molecule has 31 heavy (non-hydrogen) atoms. The molecule has 0 amide bonds. The van der Waals surface area contributed by atoms with Crippen molar-refractivity contribution < 1.29 is 23.1 Å². The Hall–Kier alpha value is 0.470. The molecule has 7 nitrogen and oxygen atoms in total. The van der Waals surface area contributed by atoms with Crippen LogP contribution in [0.25, 0.3) is 0 Å². The maximum absolute atomic E-state index is 13.7. The molecule has 0 bridgehead atoms. The second-order valence-corrected chi connectivity index (χ2v) is 13.8. The molecule has 0 aliphatic carbocycles. The number of ether oxygens (including phenoxy) is 2. The molecule has 9 unspecified atom stereocenters. The summed E-state index contributed by atoms with van der Waals surface area (Å²) in [5.41, 5.74) is -0.139. The van der Waals surface area contributed by atoms with Gasteiger partial charge in [0.05, 0.1) is 24.9 Å². The molecule has 2 aliphatic rings. The minimum absolute atomic E-state index is 0.00477. The van der Waals surface area contributed by atoms with Gasteiger partial charge in [-0.1, -0.05) is 60.4 Å². The van der Waals surface area contributed by atoms with Crippen molar-refractivity contribution in [3.8, 4) is 0 Å². The second kappa shape index (κ2) is 10.4. The Morgan fingerprint density at radius 3 is 2.16 bits per heavy atom. The van der Waals surface area contributed by atoms with Crippen molar-refractivity contribution in [3.05, 3.63) is 0 Å². The fourth-order valence-electron chi connectivity index (χ4n) is 4.97. The molecule has 0 radical (unpaired) electrons. The first-order chi connectivity index (χ1) is 14.1. The van der Waals surface area contributed by atoms with Crippen LogP contribution in [-0.4, -0.2) is 72.0 Å². The van der Waals surface area contributed by atoms with Crippen molar-refractivity contribution in [1.82, 2.24) is 9.81 Å². The molecule has 2 N–H and O–H groups in total. The first kappa shape index (κ1) is 27.7. The number of hydrogen-bond acceptors (Lipinski definition) is 7. The van der Waals surface area contributed by atoms with Crippen molar-refractivity contribution in [3.63, 3.8) is 0 Å². The van der Waals surface area contributed by atoms with Gasteiger partial charge >= 0.3 is 7.75 Å². The van der Waals surface area contributed by atoms with Gasteiger partial charge in [-0.05, 0) is 24.1 Å². The molecule has 0 aromatic heterocycles. The topological polar surface area (TPSA) is 78.1 Å². The Kier molecular flexibility index (Phi) is 9.29. The summed E-state index contributed by atoms with van der Waals surface area (Å²) < 4.78 is 41.3. The van der Waals surface area contributed by atoms with Gasteiger partial charge in [0.2, 0.25) is 0 Å². The number of hydrogen-bond donors (Lipinski definition) is 2. The van der Waals surface area contributed by atoms with E-state index in [4.69, 9.17) is 18.5 Å². The quantitative estimate of drug-likeness (QED) is 0.313. The lowest BCUT2D eigenvalue weighted by molar-refractivity contribution is -0.0368. The smallest absolute Gasteiger partial charge is 0.380 e. The van der Waals surface area contributed by atoms with Crippen molar-refractivity contribution >= 4 is 35.4 Å². The van der Waals surface area contributed by atoms with E-state index in [0.717, 1.165) is 0 Å². The van der Waals surface area contributed by atoms with Gasteiger partial charge in [-0.2, -0.15) is 4.49 Å². The zero-order valence-corrected chi connectivity index (χ0v) is 22.9. The fraction of sp³-hybridized carbons (Fsp3) is 1.00. The molecule has 2 aliphatic heterocycles. The van der Waals surface area contributed by atoms with Crippen LogP contribution in [0.1, 0.15) is 48.5 Å². The summed E-state index contributed by atoms with van der Waals surface area (Å²) in [6.45, 7) is 15.3. The van der Waals surface area contributed by atoms with Gasteiger partial charge in [0.15, 0.2) is 0 Å². The Labute approximate surface area is 195 Å². The highest BCUT2D eigenvalue weighted by Crippen LogP contribution is 2.52. The van der Waals surface area contributed by atoms with Crippen LogP contribution in [0.5, 0.6) is 0 Å². The summed E-state index contributed by atoms with van der Waals surface area (Å²) in [6.07, 6.45) is 1.15. The first-order valence-corrected chi connectivity index (χ1v) is 14.1. The SMILES string of the molecule is BC1OC(C(C)(C)C)C(OP(=O)(NSC)OCC2OC(B)C(NC)C2C(C)(C)C)C1C. The average molecular weight is 476 g/mol. The molecule has 9 atom stereocenters. The normalized spacial score (nSPS) is 39.0. The molecule has 2 fully saturated rings. The standard InChI is InChI=1S/C20H43B2N2O5PS/c1-11-15(16(20(5,6)7)28-17(11)21)29-30(25,24-31-9)26-10-12-13(19(2,3)4)14(23-8)18(22)27-12/h11-18,23H,10,21-22H2,1-9H3,(H,24,25). The van der Waals surface area contributed by atoms with Gasteiger partial charge in [-0.3, -0.25) is 9.05 Å². The van der Waals surface area contributed by atoms with Gasteiger partial charge in [0.25, 0.3) is 0 Å². The Bertz CT molecular complexity index is 648. The van der Waals surface area contributed by atoms with Crippen LogP contribution in [-0.2, 0) is 23.1 Å². The minimum Gasteiger partial charge on any atom is -0.380 e. The summed E-state index contributed by atoms with van der Waals surface area (Å²) in [6, 6.07) is 0.278. The Balaban J connectivity index is 2.18. The summed E-state index contributed by atoms with van der Waals surface area (Å²) >= 11 is 1.24. The van der Waals surface area contributed by atoms with E-state index in [1.165, 1.54) is 11.9 Å². The van der Waals surface area contributed by atoms with Crippen LogP contribution in [0.4, 0.5) is 0 Å². The molecule has 2 rings (SSSR count). The number of rotatable bonds is 8. The van der Waals surface area contributed by atoms with Crippen LogP contribution in [0.2, 0.25) is 0 Å². The highest BCUT2D eigenvalue weighted by molar-refractivity contribution is 8.01. The number of likely N-dealkylation sites (N-methyl/N-ethyl adjacent to an activating group) is 1. The molecule has 0 aromatic rings. The Morgan fingerprint density at radius 1 is 1.06 bits per heavy atom. The van der Waals surface area contributed by atoms with Crippen molar-refractivity contribution in [2.45, 2.75) is 84.8 Å². The first-order valence-electron chi connectivity index (χ1n) is 11.4. The number of nitrogens with one attached hydrogen (secondary N) is 2. The molecule has 2 heterocycles. The zero-order valence-electron chi connectivity index (χ0n) is 21.2. The van der Waals surface area contributed by atoms with Crippen molar-refractivity contribution in [2.75, 3.05) is 19.9 Å². The maximum atomic E-state index is 13.7. The van der Waals surface area contributed by atoms with E-state index in [0.29, 0.717) is 0 Å². The van der Waals surface area contributed by atoms with Gasteiger partial charge in [0.1, 0.15) is 15.7 Å². The molecule has 180 valence electrons. The minimum atomic E-state index is -3.59. The third-order valence-electron chi connectivity index (χ3n) is 6.66. The van der Waals surface area contributed by atoms with Crippen LogP contribution < -0.4 is 9.81 Å². The van der Waals surface area contributed by atoms with Crippen LogP contribution in [0, 0.1) is 22.7 Å². The zero-order chi connectivity index (χ0) is 23.8. The van der Waals surface area contributed by atoms with Gasteiger partial charge < -0.3 is 14.8 Å². The van der Waals surface area contributed by atoms with E-state index >= 15 is 0 Å². The second-order valence-electron chi connectivity index (χ2n) is 11.2. The molecule has 11 heteroatoms. The molecule has 0 aromatic carbocycles. The average Bonchev–Trinajstić information content (AvgIpc) is 3.10. The lowest BCUT2D eigenvalue weighted by atomic mass is 9.71. The molecule has 2 saturated heterocycles. The predicted molar refractivity (Wildman–Crippen MR) is 134 cm³/mol. The monoisotopic (exact) mass is 476 g/mol. The van der Waals surface area contributed by atoms with E-state index in [1.54, 1.807) is 0 Å². The summed E-state index contributed by atoms with van der Waals surface area (Å²) in [4.78, 5) is 0. The summed E-state index contributed by atoms with van der Waals surface area (Å²) in [5, 5.41) is 3.40. The van der Waals surface area contributed by atoms with Crippen molar-refractivity contribution in [1.29, 1.82) is 0 Å². The van der Waals surface area contributed by atoms with Crippen LogP contribution in [0.3, 0.4) is 0 Å². The Morgan fingerprint density at radius 2 is 1.68 bits per heavy atom. The van der Waals surface area contributed by atoms with Crippen molar-refractivity contribution in [2.24, 2.45) is 22.7 Å². The molecule has 0 spiro atoms.